The van der Waals surface area contributed by atoms with Crippen LogP contribution in [0.3, 0.4) is 0 Å². The number of nitrogens with one attached hydrogen (secondary N) is 1. The molecule has 8 nitrogen and oxygen atoms in total. The SMILES string of the molecule is O=c1[nH]c2c(C(F)(F)F)cc([N+](=O)[O-])cc2n(O)c1=O. The van der Waals surface area contributed by atoms with E-state index in [2.05, 4.69) is 0 Å². The number of hydrogen-bond acceptors (Lipinski definition) is 5. The highest BCUT2D eigenvalue weighted by Gasteiger charge is 2.36. The molecule has 0 saturated heterocycles. The summed E-state index contributed by atoms with van der Waals surface area (Å²) in [6.07, 6.45) is -5.02. The molecule has 106 valence electrons. The normalized spacial score (nSPS) is 11.8. The number of non-ortho nitro benzene ring substituents is 1. The van der Waals surface area contributed by atoms with Crippen LogP contribution in [0.1, 0.15) is 5.56 Å². The topological polar surface area (TPSA) is 118 Å². The van der Waals surface area contributed by atoms with Gasteiger partial charge in [-0.25, -0.2) is 0 Å². The smallest absolute Gasteiger partial charge is 0.418 e. The third-order valence-electron chi connectivity index (χ3n) is 2.47. The van der Waals surface area contributed by atoms with Crippen LogP contribution in [0, 0.1) is 10.1 Å². The summed E-state index contributed by atoms with van der Waals surface area (Å²) in [6, 6.07) is 0.741. The number of fused-ring (bicyclic) bond motifs is 1. The first-order chi connectivity index (χ1) is 9.12. The number of benzene rings is 1. The lowest BCUT2D eigenvalue weighted by atomic mass is 10.1. The number of nitrogens with zero attached hydrogens (tertiary/aromatic N) is 2. The molecule has 0 fully saturated rings. The predicted molar refractivity (Wildman–Crippen MR) is 57.7 cm³/mol. The van der Waals surface area contributed by atoms with Gasteiger partial charge >= 0.3 is 17.3 Å². The fraction of sp³-hybridized carbons (Fsp3) is 0.111. The number of nitro groups is 1. The second kappa shape index (κ2) is 4.08. The molecule has 1 heterocycles. The van der Waals surface area contributed by atoms with Crippen molar-refractivity contribution in [3.8, 4) is 0 Å². The molecule has 2 rings (SSSR count). The summed E-state index contributed by atoms with van der Waals surface area (Å²) in [5.41, 5.74) is -7.31. The number of nitro benzene ring substituents is 1. The molecule has 0 unspecified atom stereocenters. The lowest BCUT2D eigenvalue weighted by molar-refractivity contribution is -0.385. The maximum atomic E-state index is 12.8. The number of alkyl halides is 3. The van der Waals surface area contributed by atoms with E-state index >= 15 is 0 Å². The highest BCUT2D eigenvalue weighted by molar-refractivity contribution is 5.81. The van der Waals surface area contributed by atoms with Gasteiger partial charge in [0.25, 0.3) is 5.69 Å². The standard InChI is InChI=1S/C9H4F3N3O5/c10-9(11,12)4-1-3(15(19)20)2-5-6(4)13-7(16)8(17)14(5)18/h1-2,18H,(H,13,16). The van der Waals surface area contributed by atoms with Gasteiger partial charge in [0.05, 0.1) is 16.0 Å². The van der Waals surface area contributed by atoms with Crippen molar-refractivity contribution >= 4 is 16.7 Å². The Labute approximate surface area is 105 Å². The quantitative estimate of drug-likeness (QED) is 0.349. The fourth-order valence-electron chi connectivity index (χ4n) is 1.61. The molecule has 0 amide bonds. The lowest BCUT2D eigenvalue weighted by Gasteiger charge is -2.10. The molecule has 0 radical (unpaired) electrons. The van der Waals surface area contributed by atoms with E-state index in [9.17, 15) is 38.1 Å². The van der Waals surface area contributed by atoms with Crippen LogP contribution in [0.15, 0.2) is 21.7 Å². The molecule has 0 aliphatic rings. The molecule has 11 heteroatoms. The van der Waals surface area contributed by atoms with Gasteiger partial charge in [0, 0.05) is 12.1 Å². The Morgan fingerprint density at radius 1 is 1.30 bits per heavy atom. The van der Waals surface area contributed by atoms with E-state index in [-0.39, 0.29) is 10.8 Å². The summed E-state index contributed by atoms with van der Waals surface area (Å²) in [6.45, 7) is 0. The highest BCUT2D eigenvalue weighted by Crippen LogP contribution is 2.35. The Hall–Kier alpha value is -2.85. The Bertz CT molecular complexity index is 836. The number of halogens is 3. The Morgan fingerprint density at radius 3 is 2.40 bits per heavy atom. The first-order valence-corrected chi connectivity index (χ1v) is 4.87. The molecule has 20 heavy (non-hydrogen) atoms. The van der Waals surface area contributed by atoms with E-state index in [1.807, 2.05) is 0 Å². The van der Waals surface area contributed by atoms with E-state index in [0.717, 1.165) is 0 Å². The fourth-order valence-corrected chi connectivity index (χ4v) is 1.61. The molecule has 0 spiro atoms. The molecule has 2 N–H and O–H groups in total. The molecule has 0 aliphatic heterocycles. The van der Waals surface area contributed by atoms with Crippen LogP contribution in [-0.2, 0) is 6.18 Å². The van der Waals surface area contributed by atoms with Crippen LogP contribution in [0.4, 0.5) is 18.9 Å². The molecule has 0 atom stereocenters. The van der Waals surface area contributed by atoms with Crippen molar-refractivity contribution in [2.24, 2.45) is 0 Å². The summed E-state index contributed by atoms with van der Waals surface area (Å²) in [7, 11) is 0. The average Bonchev–Trinajstić information content (AvgIpc) is 2.33. The minimum absolute atomic E-state index is 0.197. The summed E-state index contributed by atoms with van der Waals surface area (Å²) < 4.78 is 38.1. The highest BCUT2D eigenvalue weighted by atomic mass is 19.4. The van der Waals surface area contributed by atoms with Crippen molar-refractivity contribution in [1.29, 1.82) is 0 Å². The maximum Gasteiger partial charge on any atom is 0.418 e. The van der Waals surface area contributed by atoms with E-state index in [1.165, 1.54) is 0 Å². The van der Waals surface area contributed by atoms with Crippen LogP contribution >= 0.6 is 0 Å². The second-order valence-electron chi connectivity index (χ2n) is 3.71. The lowest BCUT2D eigenvalue weighted by Crippen LogP contribution is -2.35. The number of H-pyrrole nitrogens is 1. The Kier molecular flexibility index (Phi) is 2.77. The Morgan fingerprint density at radius 2 is 1.90 bits per heavy atom. The minimum atomic E-state index is -5.02. The monoisotopic (exact) mass is 291 g/mol. The zero-order valence-electron chi connectivity index (χ0n) is 9.26. The van der Waals surface area contributed by atoms with E-state index in [4.69, 9.17) is 0 Å². The minimum Gasteiger partial charge on any atom is -0.425 e. The summed E-state index contributed by atoms with van der Waals surface area (Å²) in [4.78, 5) is 33.4. The zero-order valence-corrected chi connectivity index (χ0v) is 9.26. The van der Waals surface area contributed by atoms with Crippen molar-refractivity contribution in [2.75, 3.05) is 0 Å². The number of hydrogen-bond donors (Lipinski definition) is 2. The Balaban J connectivity index is 3.08. The van der Waals surface area contributed by atoms with Crippen molar-refractivity contribution in [1.82, 2.24) is 9.71 Å². The van der Waals surface area contributed by atoms with Crippen molar-refractivity contribution in [3.05, 3.63) is 48.5 Å². The molecule has 2 aromatic rings. The van der Waals surface area contributed by atoms with Crippen molar-refractivity contribution in [2.45, 2.75) is 6.18 Å². The zero-order chi connectivity index (χ0) is 15.2. The van der Waals surface area contributed by atoms with Crippen molar-refractivity contribution in [3.63, 3.8) is 0 Å². The van der Waals surface area contributed by atoms with Crippen molar-refractivity contribution < 1.29 is 23.3 Å². The maximum absolute atomic E-state index is 12.8. The van der Waals surface area contributed by atoms with E-state index < -0.39 is 44.5 Å². The molecular weight excluding hydrogens is 287 g/mol. The van der Waals surface area contributed by atoms with Gasteiger partial charge < -0.3 is 10.2 Å². The number of aromatic nitrogens is 2. The van der Waals surface area contributed by atoms with Crippen LogP contribution in [0.25, 0.3) is 11.0 Å². The molecule has 1 aromatic carbocycles. The van der Waals surface area contributed by atoms with Crippen LogP contribution in [-0.4, -0.2) is 19.8 Å². The van der Waals surface area contributed by atoms with Gasteiger partial charge in [0.15, 0.2) is 0 Å². The third-order valence-corrected chi connectivity index (χ3v) is 2.47. The van der Waals surface area contributed by atoms with Gasteiger partial charge in [-0.05, 0) is 0 Å². The average molecular weight is 291 g/mol. The number of rotatable bonds is 1. The van der Waals surface area contributed by atoms with Crippen LogP contribution in [0.5, 0.6) is 0 Å². The number of aromatic amines is 1. The molecular formula is C9H4F3N3O5. The third kappa shape index (κ3) is 1.98. The predicted octanol–water partition coefficient (Wildman–Crippen LogP) is 0.854. The first kappa shape index (κ1) is 13.6. The van der Waals surface area contributed by atoms with Crippen LogP contribution < -0.4 is 11.1 Å². The van der Waals surface area contributed by atoms with Gasteiger partial charge in [-0.15, -0.1) is 4.73 Å². The molecule has 0 bridgehead atoms. The van der Waals surface area contributed by atoms with Gasteiger partial charge in [-0.3, -0.25) is 19.7 Å². The van der Waals surface area contributed by atoms with E-state index in [0.29, 0.717) is 6.07 Å². The first-order valence-electron chi connectivity index (χ1n) is 4.87. The second-order valence-corrected chi connectivity index (χ2v) is 3.71. The van der Waals surface area contributed by atoms with Gasteiger partial charge in [-0.1, -0.05) is 0 Å². The van der Waals surface area contributed by atoms with Gasteiger partial charge in [0.1, 0.15) is 5.52 Å². The molecule has 0 aliphatic carbocycles. The van der Waals surface area contributed by atoms with E-state index in [1.54, 1.807) is 4.98 Å². The summed E-state index contributed by atoms with van der Waals surface area (Å²) >= 11 is 0. The molecule has 0 saturated carbocycles. The summed E-state index contributed by atoms with van der Waals surface area (Å²) in [5, 5.41) is 19.9. The van der Waals surface area contributed by atoms with Gasteiger partial charge in [0.2, 0.25) is 0 Å². The summed E-state index contributed by atoms with van der Waals surface area (Å²) in [5.74, 6) is 0. The van der Waals surface area contributed by atoms with Crippen LogP contribution in [0.2, 0.25) is 0 Å². The molecule has 1 aromatic heterocycles. The largest absolute Gasteiger partial charge is 0.425 e. The van der Waals surface area contributed by atoms with Gasteiger partial charge in [-0.2, -0.15) is 13.2 Å².